The molecule has 7 nitrogen and oxygen atoms in total. The van der Waals surface area contributed by atoms with Crippen LogP contribution in [-0.2, 0) is 10.0 Å². The lowest BCUT2D eigenvalue weighted by molar-refractivity contribution is 0.101. The molecular formula is C27H24FN3O4S. The molecular weight excluding hydrogens is 481 g/mol. The van der Waals surface area contributed by atoms with Crippen molar-refractivity contribution < 1.29 is 22.4 Å². The summed E-state index contributed by atoms with van der Waals surface area (Å²) in [6.45, 7) is 3.68. The number of primary sulfonamides is 1. The van der Waals surface area contributed by atoms with Crippen LogP contribution in [-0.4, -0.2) is 25.2 Å². The van der Waals surface area contributed by atoms with Crippen LogP contribution in [0.3, 0.4) is 0 Å². The third-order valence-electron chi connectivity index (χ3n) is 5.70. The van der Waals surface area contributed by atoms with Crippen LogP contribution in [0.15, 0.2) is 83.8 Å². The predicted molar refractivity (Wildman–Crippen MR) is 137 cm³/mol. The van der Waals surface area contributed by atoms with E-state index in [9.17, 15) is 22.4 Å². The van der Waals surface area contributed by atoms with Crippen molar-refractivity contribution in [2.75, 3.05) is 5.32 Å². The van der Waals surface area contributed by atoms with E-state index in [1.54, 1.807) is 22.8 Å². The first-order valence-electron chi connectivity index (χ1n) is 11.1. The monoisotopic (exact) mass is 505 g/mol. The molecule has 0 atom stereocenters. The molecule has 0 spiro atoms. The van der Waals surface area contributed by atoms with E-state index in [1.807, 2.05) is 44.2 Å². The summed E-state index contributed by atoms with van der Waals surface area (Å²) in [6, 6.07) is 20.1. The standard InChI is InChI=1S/C27H24FN3O4S/c1-17(2)31-23(16-32)24(19-11-13-20(28)14-12-19)25(18-7-4-3-5-8-18)26(31)27(33)30-21-9-6-10-22(15-21)36(29,34)35/h3-17H,1-2H3,(H,30,33)(H2,29,34,35). The van der Waals surface area contributed by atoms with Crippen LogP contribution in [0.1, 0.15) is 40.9 Å². The highest BCUT2D eigenvalue weighted by Crippen LogP contribution is 2.41. The zero-order valence-corrected chi connectivity index (χ0v) is 20.4. The molecule has 1 heterocycles. The third-order valence-corrected chi connectivity index (χ3v) is 6.61. The molecule has 0 aliphatic heterocycles. The predicted octanol–water partition coefficient (Wildman–Crippen LogP) is 5.25. The van der Waals surface area contributed by atoms with E-state index in [2.05, 4.69) is 5.32 Å². The summed E-state index contributed by atoms with van der Waals surface area (Å²) in [5.41, 5.74) is 2.94. The lowest BCUT2D eigenvalue weighted by atomic mass is 9.94. The van der Waals surface area contributed by atoms with E-state index in [4.69, 9.17) is 5.14 Å². The topological polar surface area (TPSA) is 111 Å². The highest BCUT2D eigenvalue weighted by Gasteiger charge is 2.30. The maximum absolute atomic E-state index is 13.8. The Labute approximate surface area is 208 Å². The van der Waals surface area contributed by atoms with Crippen molar-refractivity contribution in [1.29, 1.82) is 0 Å². The maximum atomic E-state index is 13.8. The largest absolute Gasteiger partial charge is 0.331 e. The number of carbonyl (C=O) groups is 2. The van der Waals surface area contributed by atoms with E-state index in [0.717, 1.165) is 0 Å². The van der Waals surface area contributed by atoms with Crippen molar-refractivity contribution in [1.82, 2.24) is 4.57 Å². The highest BCUT2D eigenvalue weighted by atomic mass is 32.2. The van der Waals surface area contributed by atoms with Gasteiger partial charge in [0.15, 0.2) is 6.29 Å². The molecule has 3 N–H and O–H groups in total. The number of anilines is 1. The number of nitrogens with one attached hydrogen (secondary N) is 1. The number of amides is 1. The molecule has 0 aliphatic rings. The fourth-order valence-corrected chi connectivity index (χ4v) is 4.78. The van der Waals surface area contributed by atoms with Crippen LogP contribution in [0.5, 0.6) is 0 Å². The number of aromatic nitrogens is 1. The van der Waals surface area contributed by atoms with Crippen molar-refractivity contribution in [3.05, 3.63) is 96.1 Å². The van der Waals surface area contributed by atoms with Gasteiger partial charge in [-0.3, -0.25) is 9.59 Å². The zero-order valence-electron chi connectivity index (χ0n) is 19.6. The van der Waals surface area contributed by atoms with Gasteiger partial charge in [0.1, 0.15) is 11.5 Å². The van der Waals surface area contributed by atoms with Crippen LogP contribution >= 0.6 is 0 Å². The molecule has 3 aromatic carbocycles. The number of halogens is 1. The van der Waals surface area contributed by atoms with Gasteiger partial charge in [-0.1, -0.05) is 48.5 Å². The molecule has 9 heteroatoms. The van der Waals surface area contributed by atoms with Crippen LogP contribution in [0.2, 0.25) is 0 Å². The Bertz CT molecular complexity index is 1540. The van der Waals surface area contributed by atoms with Gasteiger partial charge in [0.25, 0.3) is 5.91 Å². The summed E-state index contributed by atoms with van der Waals surface area (Å²) in [4.78, 5) is 26.0. The fourth-order valence-electron chi connectivity index (χ4n) is 4.22. The summed E-state index contributed by atoms with van der Waals surface area (Å²) in [5.74, 6) is -0.978. The highest BCUT2D eigenvalue weighted by molar-refractivity contribution is 7.89. The third kappa shape index (κ3) is 4.84. The second-order valence-electron chi connectivity index (χ2n) is 8.47. The van der Waals surface area contributed by atoms with Gasteiger partial charge in [0, 0.05) is 22.9 Å². The Hall–Kier alpha value is -4.08. The van der Waals surface area contributed by atoms with Gasteiger partial charge in [-0.2, -0.15) is 0 Å². The Kier molecular flexibility index (Phi) is 6.87. The van der Waals surface area contributed by atoms with Gasteiger partial charge >= 0.3 is 0 Å². The molecule has 0 bridgehead atoms. The van der Waals surface area contributed by atoms with Crippen molar-refractivity contribution in [2.24, 2.45) is 5.14 Å². The summed E-state index contributed by atoms with van der Waals surface area (Å²) < 4.78 is 38.9. The quantitative estimate of drug-likeness (QED) is 0.334. The minimum absolute atomic E-state index is 0.150. The van der Waals surface area contributed by atoms with Gasteiger partial charge in [-0.05, 0) is 55.3 Å². The van der Waals surface area contributed by atoms with Gasteiger partial charge in [0.2, 0.25) is 10.0 Å². The molecule has 0 saturated heterocycles. The second-order valence-corrected chi connectivity index (χ2v) is 10.0. The zero-order chi connectivity index (χ0) is 26.0. The Morgan fingerprint density at radius 2 is 1.58 bits per heavy atom. The molecule has 0 saturated carbocycles. The Morgan fingerprint density at radius 3 is 2.17 bits per heavy atom. The lowest BCUT2D eigenvalue weighted by Crippen LogP contribution is -2.20. The minimum Gasteiger partial charge on any atom is -0.331 e. The van der Waals surface area contributed by atoms with Gasteiger partial charge in [-0.15, -0.1) is 0 Å². The number of nitrogens with two attached hydrogens (primary N) is 1. The summed E-state index contributed by atoms with van der Waals surface area (Å²) in [5, 5.41) is 7.98. The SMILES string of the molecule is CC(C)n1c(C=O)c(-c2ccc(F)cc2)c(-c2ccccc2)c1C(=O)Nc1cccc(S(N)(=O)=O)c1. The number of rotatable bonds is 7. The van der Waals surface area contributed by atoms with Crippen LogP contribution in [0, 0.1) is 5.82 Å². The average Bonchev–Trinajstić information content (AvgIpc) is 3.20. The second kappa shape index (κ2) is 9.88. The number of benzene rings is 3. The molecule has 4 rings (SSSR count). The van der Waals surface area contributed by atoms with Crippen molar-refractivity contribution in [2.45, 2.75) is 24.8 Å². The molecule has 4 aromatic rings. The summed E-state index contributed by atoms with van der Waals surface area (Å²) >= 11 is 0. The molecule has 0 aliphatic carbocycles. The van der Waals surface area contributed by atoms with E-state index in [1.165, 1.54) is 30.3 Å². The van der Waals surface area contributed by atoms with Crippen LogP contribution in [0.4, 0.5) is 10.1 Å². The average molecular weight is 506 g/mol. The Balaban J connectivity index is 1.99. The van der Waals surface area contributed by atoms with Crippen molar-refractivity contribution in [3.63, 3.8) is 0 Å². The summed E-state index contributed by atoms with van der Waals surface area (Å²) in [6.07, 6.45) is 0.684. The molecule has 184 valence electrons. The van der Waals surface area contributed by atoms with E-state index < -0.39 is 21.7 Å². The first kappa shape index (κ1) is 25.0. The van der Waals surface area contributed by atoms with Gasteiger partial charge < -0.3 is 9.88 Å². The molecule has 1 aromatic heterocycles. The molecule has 0 radical (unpaired) electrons. The van der Waals surface area contributed by atoms with Gasteiger partial charge in [0.05, 0.1) is 10.6 Å². The normalized spacial score (nSPS) is 11.5. The molecule has 36 heavy (non-hydrogen) atoms. The molecule has 1 amide bonds. The first-order valence-corrected chi connectivity index (χ1v) is 12.7. The number of carbonyl (C=O) groups excluding carboxylic acids is 2. The van der Waals surface area contributed by atoms with E-state index >= 15 is 0 Å². The lowest BCUT2D eigenvalue weighted by Gasteiger charge is -2.16. The minimum atomic E-state index is -3.98. The number of hydrogen-bond acceptors (Lipinski definition) is 4. The van der Waals surface area contributed by atoms with E-state index in [0.29, 0.717) is 28.5 Å². The Morgan fingerprint density at radius 1 is 0.944 bits per heavy atom. The number of nitrogens with zero attached hydrogens (tertiary/aromatic N) is 1. The van der Waals surface area contributed by atoms with Crippen LogP contribution in [0.25, 0.3) is 22.3 Å². The number of aldehydes is 1. The number of hydrogen-bond donors (Lipinski definition) is 2. The maximum Gasteiger partial charge on any atom is 0.272 e. The number of sulfonamides is 1. The fraction of sp³-hybridized carbons (Fsp3) is 0.111. The molecule has 0 unspecified atom stereocenters. The van der Waals surface area contributed by atoms with Crippen LogP contribution < -0.4 is 10.5 Å². The smallest absolute Gasteiger partial charge is 0.272 e. The van der Waals surface area contributed by atoms with Crippen molar-refractivity contribution >= 4 is 27.9 Å². The first-order chi connectivity index (χ1) is 17.1. The molecule has 0 fully saturated rings. The van der Waals surface area contributed by atoms with Crippen molar-refractivity contribution in [3.8, 4) is 22.3 Å². The summed E-state index contributed by atoms with van der Waals surface area (Å²) in [7, 11) is -3.98. The van der Waals surface area contributed by atoms with Gasteiger partial charge in [-0.25, -0.2) is 17.9 Å². The van der Waals surface area contributed by atoms with E-state index in [-0.39, 0.29) is 28.0 Å².